The van der Waals surface area contributed by atoms with Crippen LogP contribution in [0.4, 0.5) is 0 Å². The van der Waals surface area contributed by atoms with Crippen LogP contribution in [0.2, 0.25) is 0 Å². The van der Waals surface area contributed by atoms with Crippen molar-refractivity contribution < 1.29 is 24.5 Å². The first kappa shape index (κ1) is 15.6. The predicted octanol–water partition coefficient (Wildman–Crippen LogP) is 1.29. The van der Waals surface area contributed by atoms with Crippen LogP contribution in [0.25, 0.3) is 0 Å². The van der Waals surface area contributed by atoms with Crippen LogP contribution in [-0.4, -0.2) is 46.7 Å². The molecular formula is C14H17NO5. The summed E-state index contributed by atoms with van der Waals surface area (Å²) in [4.78, 5) is 24.9. The molecule has 0 saturated carbocycles. The van der Waals surface area contributed by atoms with Gasteiger partial charge in [-0.2, -0.15) is 0 Å². The Morgan fingerprint density at radius 3 is 2.40 bits per heavy atom. The van der Waals surface area contributed by atoms with E-state index in [1.807, 2.05) is 0 Å². The summed E-state index contributed by atoms with van der Waals surface area (Å²) < 4.78 is 4.79. The molecule has 0 bridgehead atoms. The highest BCUT2D eigenvalue weighted by Crippen LogP contribution is 2.21. The van der Waals surface area contributed by atoms with Gasteiger partial charge in [0.15, 0.2) is 0 Å². The molecule has 0 aliphatic heterocycles. The minimum atomic E-state index is -0.535. The van der Waals surface area contributed by atoms with Crippen LogP contribution < -0.4 is 0 Å². The van der Waals surface area contributed by atoms with E-state index in [1.165, 1.54) is 23.1 Å². The smallest absolute Gasteiger partial charge is 0.325 e. The van der Waals surface area contributed by atoms with Gasteiger partial charge < -0.3 is 19.8 Å². The number of hydrogen-bond acceptors (Lipinski definition) is 5. The van der Waals surface area contributed by atoms with Crippen LogP contribution in [-0.2, 0) is 9.53 Å². The predicted molar refractivity (Wildman–Crippen MR) is 72.5 cm³/mol. The first-order valence-corrected chi connectivity index (χ1v) is 6.06. The second-order valence-electron chi connectivity index (χ2n) is 4.02. The minimum Gasteiger partial charge on any atom is -0.508 e. The number of aromatic hydroxyl groups is 2. The molecule has 20 heavy (non-hydrogen) atoms. The monoisotopic (exact) mass is 279 g/mol. The van der Waals surface area contributed by atoms with E-state index >= 15 is 0 Å². The number of ether oxygens (including phenoxy) is 1. The highest BCUT2D eigenvalue weighted by molar-refractivity contribution is 5.96. The zero-order valence-corrected chi connectivity index (χ0v) is 11.2. The molecule has 0 atom stereocenters. The van der Waals surface area contributed by atoms with E-state index in [9.17, 15) is 19.8 Å². The van der Waals surface area contributed by atoms with Gasteiger partial charge in [-0.1, -0.05) is 6.08 Å². The van der Waals surface area contributed by atoms with Crippen LogP contribution in [0.5, 0.6) is 11.5 Å². The summed E-state index contributed by atoms with van der Waals surface area (Å²) in [7, 11) is 0. The summed E-state index contributed by atoms with van der Waals surface area (Å²) >= 11 is 0. The molecule has 0 aliphatic carbocycles. The topological polar surface area (TPSA) is 87.1 Å². The van der Waals surface area contributed by atoms with Crippen molar-refractivity contribution in [3.63, 3.8) is 0 Å². The van der Waals surface area contributed by atoms with E-state index < -0.39 is 11.9 Å². The van der Waals surface area contributed by atoms with Crippen molar-refractivity contribution in [3.05, 3.63) is 36.4 Å². The summed E-state index contributed by atoms with van der Waals surface area (Å²) in [5.41, 5.74) is 0.0775. The second-order valence-corrected chi connectivity index (χ2v) is 4.02. The Balaban J connectivity index is 2.92. The van der Waals surface area contributed by atoms with Crippen molar-refractivity contribution in [2.75, 3.05) is 19.7 Å². The highest BCUT2D eigenvalue weighted by atomic mass is 16.5. The quantitative estimate of drug-likeness (QED) is 0.605. The maximum atomic E-state index is 12.2. The molecule has 6 heteroatoms. The molecule has 0 unspecified atom stereocenters. The van der Waals surface area contributed by atoms with Gasteiger partial charge in [-0.15, -0.1) is 6.58 Å². The van der Waals surface area contributed by atoms with E-state index in [0.717, 1.165) is 6.07 Å². The van der Waals surface area contributed by atoms with Crippen molar-refractivity contribution >= 4 is 11.9 Å². The third kappa shape index (κ3) is 4.31. The van der Waals surface area contributed by atoms with Gasteiger partial charge in [0.2, 0.25) is 0 Å². The van der Waals surface area contributed by atoms with Gasteiger partial charge in [0.25, 0.3) is 5.91 Å². The largest absolute Gasteiger partial charge is 0.508 e. The van der Waals surface area contributed by atoms with Gasteiger partial charge in [-0.25, -0.2) is 0 Å². The number of benzene rings is 1. The zero-order chi connectivity index (χ0) is 15.1. The average Bonchev–Trinajstić information content (AvgIpc) is 2.36. The van der Waals surface area contributed by atoms with E-state index in [2.05, 4.69) is 6.58 Å². The van der Waals surface area contributed by atoms with E-state index in [4.69, 9.17) is 4.74 Å². The molecule has 0 aliphatic rings. The molecule has 1 rings (SSSR count). The van der Waals surface area contributed by atoms with Gasteiger partial charge in [0, 0.05) is 18.2 Å². The van der Waals surface area contributed by atoms with Crippen molar-refractivity contribution in [1.29, 1.82) is 0 Å². The Hall–Kier alpha value is -2.50. The molecule has 0 aromatic heterocycles. The van der Waals surface area contributed by atoms with Crippen molar-refractivity contribution in [3.8, 4) is 11.5 Å². The molecule has 0 spiro atoms. The molecule has 1 aromatic carbocycles. The Morgan fingerprint density at radius 1 is 1.30 bits per heavy atom. The standard InChI is InChI=1S/C14H17NO5/c1-3-5-15(9-13(18)20-4-2)14(19)10-6-11(16)8-12(17)7-10/h3,6-8,16-17H,1,4-5,9H2,2H3. The molecule has 0 fully saturated rings. The first-order chi connectivity index (χ1) is 9.47. The van der Waals surface area contributed by atoms with Crippen LogP contribution in [0.1, 0.15) is 17.3 Å². The molecule has 0 saturated heterocycles. The number of nitrogens with zero attached hydrogens (tertiary/aromatic N) is 1. The number of phenols is 2. The minimum absolute atomic E-state index is 0.0775. The maximum Gasteiger partial charge on any atom is 0.325 e. The molecule has 1 aromatic rings. The van der Waals surface area contributed by atoms with Gasteiger partial charge in [0.05, 0.1) is 6.61 Å². The molecule has 0 heterocycles. The van der Waals surface area contributed by atoms with Gasteiger partial charge in [-0.05, 0) is 19.1 Å². The lowest BCUT2D eigenvalue weighted by molar-refractivity contribution is -0.143. The van der Waals surface area contributed by atoms with Crippen molar-refractivity contribution in [2.24, 2.45) is 0 Å². The Labute approximate surface area is 116 Å². The summed E-state index contributed by atoms with van der Waals surface area (Å²) in [5, 5.41) is 18.8. The van der Waals surface area contributed by atoms with E-state index in [-0.39, 0.29) is 36.8 Å². The van der Waals surface area contributed by atoms with Crippen molar-refractivity contribution in [1.82, 2.24) is 4.90 Å². The van der Waals surface area contributed by atoms with Gasteiger partial charge in [0.1, 0.15) is 18.0 Å². The fourth-order valence-corrected chi connectivity index (χ4v) is 1.64. The second kappa shape index (κ2) is 7.18. The van der Waals surface area contributed by atoms with E-state index in [1.54, 1.807) is 6.92 Å². The van der Waals surface area contributed by atoms with Crippen LogP contribution in [0, 0.1) is 0 Å². The highest BCUT2D eigenvalue weighted by Gasteiger charge is 2.19. The molecule has 108 valence electrons. The summed E-state index contributed by atoms with van der Waals surface area (Å²) in [6.45, 7) is 5.34. The molecule has 2 N–H and O–H groups in total. The third-order valence-corrected chi connectivity index (χ3v) is 2.41. The number of phenolic OH excluding ortho intramolecular Hbond substituents is 2. The summed E-state index contributed by atoms with van der Waals surface area (Å²) in [6, 6.07) is 3.53. The molecule has 0 radical (unpaired) electrons. The first-order valence-electron chi connectivity index (χ1n) is 6.06. The van der Waals surface area contributed by atoms with Crippen LogP contribution in [0.3, 0.4) is 0 Å². The normalized spacial score (nSPS) is 9.85. The molecule has 6 nitrogen and oxygen atoms in total. The Morgan fingerprint density at radius 2 is 1.90 bits per heavy atom. The lowest BCUT2D eigenvalue weighted by atomic mass is 10.1. The molecule has 1 amide bonds. The van der Waals surface area contributed by atoms with Crippen LogP contribution in [0.15, 0.2) is 30.9 Å². The number of amides is 1. The zero-order valence-electron chi connectivity index (χ0n) is 11.2. The lowest BCUT2D eigenvalue weighted by Gasteiger charge is -2.20. The SMILES string of the molecule is C=CCN(CC(=O)OCC)C(=O)c1cc(O)cc(O)c1. The maximum absolute atomic E-state index is 12.2. The number of rotatable bonds is 6. The third-order valence-electron chi connectivity index (χ3n) is 2.41. The average molecular weight is 279 g/mol. The fraction of sp³-hybridized carbons (Fsp3) is 0.286. The summed E-state index contributed by atoms with van der Waals surface area (Å²) in [6.07, 6.45) is 1.47. The Kier molecular flexibility index (Phi) is 5.58. The number of carbonyl (C=O) groups excluding carboxylic acids is 2. The van der Waals surface area contributed by atoms with Gasteiger partial charge >= 0.3 is 5.97 Å². The lowest BCUT2D eigenvalue weighted by Crippen LogP contribution is -2.36. The van der Waals surface area contributed by atoms with Gasteiger partial charge in [-0.3, -0.25) is 9.59 Å². The number of esters is 1. The van der Waals surface area contributed by atoms with Crippen molar-refractivity contribution in [2.45, 2.75) is 6.92 Å². The summed E-state index contributed by atoms with van der Waals surface area (Å²) in [5.74, 6) is -1.51. The fourth-order valence-electron chi connectivity index (χ4n) is 1.64. The van der Waals surface area contributed by atoms with Crippen LogP contribution >= 0.6 is 0 Å². The number of hydrogen-bond donors (Lipinski definition) is 2. The van der Waals surface area contributed by atoms with E-state index in [0.29, 0.717) is 0 Å². The Bertz CT molecular complexity index is 492. The molecular weight excluding hydrogens is 262 g/mol. The number of carbonyl (C=O) groups is 2.